The molecule has 0 atom stereocenters. The van der Waals surface area contributed by atoms with Crippen LogP contribution < -0.4 is 10.1 Å². The van der Waals surface area contributed by atoms with Crippen molar-refractivity contribution in [3.63, 3.8) is 0 Å². The van der Waals surface area contributed by atoms with Gasteiger partial charge in [-0.15, -0.1) is 0 Å². The van der Waals surface area contributed by atoms with Crippen LogP contribution in [0.15, 0.2) is 48.5 Å². The minimum atomic E-state index is -0.347. The largest absolute Gasteiger partial charge is 0.477 e. The van der Waals surface area contributed by atoms with E-state index in [9.17, 15) is 4.79 Å². The van der Waals surface area contributed by atoms with Gasteiger partial charge in [-0.05, 0) is 30.3 Å². The number of nitrogens with one attached hydrogen (secondary N) is 1. The number of rotatable bonds is 4. The molecule has 0 aromatic heterocycles. The minimum absolute atomic E-state index is 0.100. The molecule has 1 N–H and O–H groups in total. The van der Waals surface area contributed by atoms with E-state index in [0.717, 1.165) is 0 Å². The average Bonchev–Trinajstić information content (AvgIpc) is 2.54. The van der Waals surface area contributed by atoms with Crippen LogP contribution in [0.1, 0.15) is 15.9 Å². The highest BCUT2D eigenvalue weighted by molar-refractivity contribution is 6.05. The van der Waals surface area contributed by atoms with Crippen LogP contribution in [0.25, 0.3) is 0 Å². The van der Waals surface area contributed by atoms with Crippen molar-refractivity contribution < 1.29 is 9.53 Å². The van der Waals surface area contributed by atoms with Crippen LogP contribution in [0.5, 0.6) is 5.75 Å². The predicted molar refractivity (Wildman–Crippen MR) is 76.7 cm³/mol. The first-order valence-electron chi connectivity index (χ1n) is 6.15. The van der Waals surface area contributed by atoms with Crippen molar-refractivity contribution in [3.8, 4) is 17.9 Å². The van der Waals surface area contributed by atoms with Crippen molar-refractivity contribution in [1.29, 1.82) is 10.5 Å². The summed E-state index contributed by atoms with van der Waals surface area (Å²) >= 11 is 0. The van der Waals surface area contributed by atoms with E-state index in [1.54, 1.807) is 42.5 Å². The molecule has 0 aliphatic heterocycles. The molecule has 0 unspecified atom stereocenters. The van der Waals surface area contributed by atoms with E-state index in [2.05, 4.69) is 5.32 Å². The summed E-state index contributed by atoms with van der Waals surface area (Å²) in [5.41, 5.74) is 1.26. The Morgan fingerprint density at radius 3 is 2.71 bits per heavy atom. The third-order valence-corrected chi connectivity index (χ3v) is 2.68. The molecule has 2 aromatic rings. The second-order valence-corrected chi connectivity index (χ2v) is 4.09. The molecule has 0 radical (unpaired) electrons. The molecule has 0 saturated carbocycles. The summed E-state index contributed by atoms with van der Waals surface area (Å²) in [4.78, 5) is 12.2. The Balaban J connectivity index is 2.20. The van der Waals surface area contributed by atoms with Gasteiger partial charge >= 0.3 is 0 Å². The molecule has 0 bridgehead atoms. The van der Waals surface area contributed by atoms with Gasteiger partial charge in [0.1, 0.15) is 11.8 Å². The maximum atomic E-state index is 12.2. The van der Waals surface area contributed by atoms with E-state index in [1.807, 2.05) is 12.1 Å². The number of hydrogen-bond acceptors (Lipinski definition) is 4. The Hall–Kier alpha value is -3.31. The standard InChI is InChI=1S/C16H11N3O2/c17-8-9-21-15-7-2-1-6-14(15)19-16(20)13-5-3-4-12(10-13)11-18/h1-7,10H,9H2,(H,19,20). The zero-order chi connectivity index (χ0) is 15.1. The van der Waals surface area contributed by atoms with Gasteiger partial charge in [0.05, 0.1) is 17.3 Å². The van der Waals surface area contributed by atoms with Gasteiger partial charge in [0, 0.05) is 5.56 Å². The number of amides is 1. The van der Waals surface area contributed by atoms with Gasteiger partial charge in [-0.25, -0.2) is 0 Å². The van der Waals surface area contributed by atoms with E-state index in [1.165, 1.54) is 6.07 Å². The van der Waals surface area contributed by atoms with E-state index < -0.39 is 0 Å². The lowest BCUT2D eigenvalue weighted by Crippen LogP contribution is -2.13. The Labute approximate surface area is 122 Å². The number of anilines is 1. The maximum absolute atomic E-state index is 12.2. The summed E-state index contributed by atoms with van der Waals surface area (Å²) in [6.45, 7) is -0.100. The molecular weight excluding hydrogens is 266 g/mol. The molecule has 0 aliphatic rings. The van der Waals surface area contributed by atoms with Crippen LogP contribution in [0.3, 0.4) is 0 Å². The number of carbonyl (C=O) groups is 1. The quantitative estimate of drug-likeness (QED) is 0.930. The number of ether oxygens (including phenoxy) is 1. The number of hydrogen-bond donors (Lipinski definition) is 1. The van der Waals surface area contributed by atoms with E-state index in [-0.39, 0.29) is 12.5 Å². The lowest BCUT2D eigenvalue weighted by Gasteiger charge is -2.10. The van der Waals surface area contributed by atoms with Gasteiger partial charge in [0.15, 0.2) is 6.61 Å². The first-order chi connectivity index (χ1) is 10.2. The summed E-state index contributed by atoms with van der Waals surface area (Å²) in [7, 11) is 0. The van der Waals surface area contributed by atoms with E-state index in [4.69, 9.17) is 15.3 Å². The lowest BCUT2D eigenvalue weighted by atomic mass is 10.1. The minimum Gasteiger partial charge on any atom is -0.477 e. The molecule has 0 saturated heterocycles. The van der Waals surface area contributed by atoms with Crippen molar-refractivity contribution in [1.82, 2.24) is 0 Å². The Kier molecular flexibility index (Phi) is 4.53. The molecule has 1 amide bonds. The van der Waals surface area contributed by atoms with E-state index >= 15 is 0 Å². The summed E-state index contributed by atoms with van der Waals surface area (Å²) < 4.78 is 5.24. The number of benzene rings is 2. The van der Waals surface area contributed by atoms with Crippen LogP contribution in [0, 0.1) is 22.7 Å². The van der Waals surface area contributed by atoms with Gasteiger partial charge in [-0.1, -0.05) is 18.2 Å². The van der Waals surface area contributed by atoms with Gasteiger partial charge < -0.3 is 10.1 Å². The van der Waals surface area contributed by atoms with Crippen molar-refractivity contribution in [2.24, 2.45) is 0 Å². The molecule has 0 heterocycles. The highest BCUT2D eigenvalue weighted by atomic mass is 16.5. The molecule has 0 fully saturated rings. The normalized spacial score (nSPS) is 9.24. The third kappa shape index (κ3) is 3.59. The SMILES string of the molecule is N#CCOc1ccccc1NC(=O)c1cccc(C#N)c1. The third-order valence-electron chi connectivity index (χ3n) is 2.68. The molecule has 5 heteroatoms. The molecule has 21 heavy (non-hydrogen) atoms. The van der Waals surface area contributed by atoms with Gasteiger partial charge in [-0.2, -0.15) is 10.5 Å². The molecule has 2 aromatic carbocycles. The monoisotopic (exact) mass is 277 g/mol. The summed E-state index contributed by atoms with van der Waals surface area (Å²) in [6, 6.07) is 17.1. The first kappa shape index (κ1) is 14.1. The zero-order valence-electron chi connectivity index (χ0n) is 11.0. The fourth-order valence-corrected chi connectivity index (χ4v) is 1.73. The Morgan fingerprint density at radius 2 is 1.95 bits per heavy atom. The Bertz CT molecular complexity index is 742. The fraction of sp³-hybridized carbons (Fsp3) is 0.0625. The van der Waals surface area contributed by atoms with Crippen molar-refractivity contribution >= 4 is 11.6 Å². The van der Waals surface area contributed by atoms with Crippen molar-refractivity contribution in [2.75, 3.05) is 11.9 Å². The predicted octanol–water partition coefficient (Wildman–Crippen LogP) is 2.71. The zero-order valence-corrected chi connectivity index (χ0v) is 11.0. The van der Waals surface area contributed by atoms with Gasteiger partial charge in [0.25, 0.3) is 5.91 Å². The van der Waals surface area contributed by atoms with Gasteiger partial charge in [0.2, 0.25) is 0 Å². The topological polar surface area (TPSA) is 85.9 Å². The van der Waals surface area contributed by atoms with Crippen molar-refractivity contribution in [3.05, 3.63) is 59.7 Å². The number of para-hydroxylation sites is 2. The summed E-state index contributed by atoms with van der Waals surface area (Å²) in [5.74, 6) is 0.0731. The van der Waals surface area contributed by atoms with Crippen LogP contribution in [-0.4, -0.2) is 12.5 Å². The molecule has 0 aliphatic carbocycles. The van der Waals surface area contributed by atoms with E-state index in [0.29, 0.717) is 22.6 Å². The van der Waals surface area contributed by atoms with Crippen LogP contribution in [-0.2, 0) is 0 Å². The second-order valence-electron chi connectivity index (χ2n) is 4.09. The maximum Gasteiger partial charge on any atom is 0.255 e. The van der Waals surface area contributed by atoms with Crippen LogP contribution in [0.4, 0.5) is 5.69 Å². The lowest BCUT2D eigenvalue weighted by molar-refractivity contribution is 0.102. The van der Waals surface area contributed by atoms with Gasteiger partial charge in [-0.3, -0.25) is 4.79 Å². The van der Waals surface area contributed by atoms with Crippen LogP contribution in [0.2, 0.25) is 0 Å². The number of nitrogens with zero attached hydrogens (tertiary/aromatic N) is 2. The number of nitriles is 2. The number of carbonyl (C=O) groups excluding carboxylic acids is 1. The fourth-order valence-electron chi connectivity index (χ4n) is 1.73. The van der Waals surface area contributed by atoms with Crippen LogP contribution >= 0.6 is 0 Å². The van der Waals surface area contributed by atoms with Crippen molar-refractivity contribution in [2.45, 2.75) is 0 Å². The smallest absolute Gasteiger partial charge is 0.255 e. The summed E-state index contributed by atoms with van der Waals surface area (Å²) in [5, 5.41) is 20.1. The molecular formula is C16H11N3O2. The molecule has 5 nitrogen and oxygen atoms in total. The summed E-state index contributed by atoms with van der Waals surface area (Å²) in [6.07, 6.45) is 0. The highest BCUT2D eigenvalue weighted by Gasteiger charge is 2.10. The molecule has 0 spiro atoms. The average molecular weight is 277 g/mol. The molecule has 102 valence electrons. The first-order valence-corrected chi connectivity index (χ1v) is 6.15. The Morgan fingerprint density at radius 1 is 1.14 bits per heavy atom. The highest BCUT2D eigenvalue weighted by Crippen LogP contribution is 2.24. The second kappa shape index (κ2) is 6.74. The molecule has 2 rings (SSSR count).